The van der Waals surface area contributed by atoms with Crippen LogP contribution in [0, 0.1) is 5.92 Å². The molecule has 2 rings (SSSR count). The van der Waals surface area contributed by atoms with Crippen molar-refractivity contribution in [3.63, 3.8) is 0 Å². The van der Waals surface area contributed by atoms with Crippen LogP contribution in [0.1, 0.15) is 92.2 Å². The number of unbranched alkanes of at least 4 members (excludes halogenated alkanes) is 1. The van der Waals surface area contributed by atoms with E-state index in [1.54, 1.807) is 0 Å². The van der Waals surface area contributed by atoms with Crippen LogP contribution in [0.2, 0.25) is 0 Å². The van der Waals surface area contributed by atoms with Gasteiger partial charge in [-0.2, -0.15) is 0 Å². The number of hydrogen-bond acceptors (Lipinski definition) is 4. The maximum absolute atomic E-state index is 13.7. The van der Waals surface area contributed by atoms with Gasteiger partial charge in [0, 0.05) is 0 Å². The summed E-state index contributed by atoms with van der Waals surface area (Å²) in [6.07, 6.45) is 4.24. The molecule has 0 aliphatic carbocycles. The van der Waals surface area contributed by atoms with Crippen LogP contribution in [-0.2, 0) is 19.9 Å². The summed E-state index contributed by atoms with van der Waals surface area (Å²) in [4.78, 5) is 0. The zero-order valence-corrected chi connectivity index (χ0v) is 22.7. The minimum Gasteiger partial charge on any atom is -0.395 e. The zero-order valence-electron chi connectivity index (χ0n) is 21.8. The molecule has 0 amide bonds. The Hall–Kier alpha value is -1.77. The molecular weight excluding hydrogens is 431 g/mol. The fourth-order valence-corrected chi connectivity index (χ4v) is 4.75. The van der Waals surface area contributed by atoms with Crippen molar-refractivity contribution >= 4 is 7.82 Å². The Kier molecular flexibility index (Phi) is 9.64. The van der Waals surface area contributed by atoms with E-state index in [-0.39, 0.29) is 10.8 Å². The SMILES string of the molecule is CCCCC(CC)COP(=O)(Oc1ccc(C(C)(C)C)cc1)Oc1ccc(C(C)(C)C)cc1. The molecule has 1 atom stereocenters. The average Bonchev–Trinajstić information content (AvgIpc) is 2.73. The summed E-state index contributed by atoms with van der Waals surface area (Å²) in [5.41, 5.74) is 2.40. The molecule has 0 heterocycles. The van der Waals surface area contributed by atoms with E-state index in [1.807, 2.05) is 48.5 Å². The molecule has 0 fully saturated rings. The molecule has 0 aromatic heterocycles. The maximum atomic E-state index is 13.7. The van der Waals surface area contributed by atoms with Gasteiger partial charge in [-0.25, -0.2) is 4.57 Å². The molecular formula is C28H43O4P. The summed E-state index contributed by atoms with van der Waals surface area (Å²) < 4.78 is 31.4. The second-order valence-corrected chi connectivity index (χ2v) is 12.4. The third-order valence-electron chi connectivity index (χ3n) is 5.89. The van der Waals surface area contributed by atoms with Gasteiger partial charge in [0.15, 0.2) is 0 Å². The number of rotatable bonds is 11. The molecule has 33 heavy (non-hydrogen) atoms. The van der Waals surface area contributed by atoms with Crippen molar-refractivity contribution < 1.29 is 18.1 Å². The first-order chi connectivity index (χ1) is 15.4. The standard InChI is InChI=1S/C28H43O4P/c1-9-11-12-22(10-2)21-30-33(29,31-25-17-13-23(14-18-25)27(3,4)5)32-26-19-15-24(16-20-26)28(6,7)8/h13-20,22H,9-12,21H2,1-8H3. The zero-order chi connectivity index (χ0) is 24.7. The van der Waals surface area contributed by atoms with Crippen LogP contribution >= 0.6 is 7.82 Å². The largest absolute Gasteiger partial charge is 0.587 e. The minimum atomic E-state index is -3.87. The van der Waals surface area contributed by atoms with Crippen molar-refractivity contribution in [3.05, 3.63) is 59.7 Å². The van der Waals surface area contributed by atoms with E-state index in [0.29, 0.717) is 24.0 Å². The van der Waals surface area contributed by atoms with E-state index in [2.05, 4.69) is 55.4 Å². The van der Waals surface area contributed by atoms with Gasteiger partial charge in [-0.15, -0.1) is 0 Å². The van der Waals surface area contributed by atoms with Crippen molar-refractivity contribution in [1.82, 2.24) is 0 Å². The average molecular weight is 475 g/mol. The molecule has 2 aromatic carbocycles. The van der Waals surface area contributed by atoms with Crippen LogP contribution in [-0.4, -0.2) is 6.61 Å². The van der Waals surface area contributed by atoms with Gasteiger partial charge < -0.3 is 9.05 Å². The van der Waals surface area contributed by atoms with Gasteiger partial charge in [0.2, 0.25) is 0 Å². The monoisotopic (exact) mass is 474 g/mol. The van der Waals surface area contributed by atoms with E-state index >= 15 is 0 Å². The van der Waals surface area contributed by atoms with Gasteiger partial charge in [-0.3, -0.25) is 4.52 Å². The fourth-order valence-electron chi connectivity index (χ4n) is 3.46. The molecule has 0 aliphatic heterocycles. The highest BCUT2D eigenvalue weighted by atomic mass is 31.2. The normalized spacial score (nSPS) is 13.6. The van der Waals surface area contributed by atoms with E-state index in [1.165, 1.54) is 11.1 Å². The molecule has 184 valence electrons. The van der Waals surface area contributed by atoms with Gasteiger partial charge >= 0.3 is 7.82 Å². The number of hydrogen-bond donors (Lipinski definition) is 0. The highest BCUT2D eigenvalue weighted by Crippen LogP contribution is 2.50. The van der Waals surface area contributed by atoms with Crippen LogP contribution in [0.15, 0.2) is 48.5 Å². The Morgan fingerprint density at radius 1 is 0.758 bits per heavy atom. The van der Waals surface area contributed by atoms with Gasteiger partial charge in [0.05, 0.1) is 6.61 Å². The van der Waals surface area contributed by atoms with Crippen molar-refractivity contribution in [1.29, 1.82) is 0 Å². The van der Waals surface area contributed by atoms with E-state index in [4.69, 9.17) is 13.6 Å². The molecule has 0 N–H and O–H groups in total. The summed E-state index contributed by atoms with van der Waals surface area (Å²) in [5, 5.41) is 0. The first kappa shape index (κ1) is 27.5. The fraction of sp³-hybridized carbons (Fsp3) is 0.571. The second kappa shape index (κ2) is 11.6. The molecule has 4 nitrogen and oxygen atoms in total. The van der Waals surface area contributed by atoms with Crippen molar-refractivity contribution in [2.75, 3.05) is 6.61 Å². The smallest absolute Gasteiger partial charge is 0.395 e. The Bertz CT molecular complexity index is 826. The quantitative estimate of drug-likeness (QED) is 0.305. The minimum absolute atomic E-state index is 0.0254. The lowest BCUT2D eigenvalue weighted by Crippen LogP contribution is -2.13. The molecule has 0 saturated carbocycles. The van der Waals surface area contributed by atoms with Crippen molar-refractivity contribution in [2.24, 2.45) is 5.92 Å². The Morgan fingerprint density at radius 2 is 1.18 bits per heavy atom. The Labute approximate surface area is 201 Å². The van der Waals surface area contributed by atoms with Gasteiger partial charge in [-0.1, -0.05) is 98.9 Å². The van der Waals surface area contributed by atoms with Gasteiger partial charge in [0.1, 0.15) is 11.5 Å². The second-order valence-electron chi connectivity index (χ2n) is 10.9. The highest BCUT2D eigenvalue weighted by Gasteiger charge is 2.32. The highest BCUT2D eigenvalue weighted by molar-refractivity contribution is 7.49. The summed E-state index contributed by atoms with van der Waals surface area (Å²) in [6.45, 7) is 17.6. The van der Waals surface area contributed by atoms with Gasteiger partial charge in [-0.05, 0) is 58.6 Å². The molecule has 0 bridgehead atoms. The first-order valence-electron chi connectivity index (χ1n) is 12.2. The molecule has 2 aromatic rings. The van der Waals surface area contributed by atoms with E-state index in [9.17, 15) is 4.57 Å². The van der Waals surface area contributed by atoms with Crippen LogP contribution in [0.3, 0.4) is 0 Å². The lowest BCUT2D eigenvalue weighted by molar-refractivity contribution is 0.170. The molecule has 0 saturated heterocycles. The Morgan fingerprint density at radius 3 is 1.52 bits per heavy atom. The molecule has 0 radical (unpaired) electrons. The van der Waals surface area contributed by atoms with Crippen molar-refractivity contribution in [3.8, 4) is 11.5 Å². The van der Waals surface area contributed by atoms with Crippen LogP contribution in [0.25, 0.3) is 0 Å². The van der Waals surface area contributed by atoms with E-state index in [0.717, 1.165) is 25.7 Å². The molecule has 5 heteroatoms. The third kappa shape index (κ3) is 8.83. The summed E-state index contributed by atoms with van der Waals surface area (Å²) in [7, 11) is -3.87. The summed E-state index contributed by atoms with van der Waals surface area (Å²) >= 11 is 0. The number of benzene rings is 2. The van der Waals surface area contributed by atoms with Crippen LogP contribution < -0.4 is 9.05 Å². The van der Waals surface area contributed by atoms with Crippen LogP contribution in [0.4, 0.5) is 0 Å². The summed E-state index contributed by atoms with van der Waals surface area (Å²) in [6, 6.07) is 15.3. The lowest BCUT2D eigenvalue weighted by Gasteiger charge is -2.23. The maximum Gasteiger partial charge on any atom is 0.587 e. The number of phosphoric acid groups is 1. The first-order valence-corrected chi connectivity index (χ1v) is 13.7. The molecule has 1 unspecified atom stereocenters. The number of phosphoric ester groups is 1. The van der Waals surface area contributed by atoms with Gasteiger partial charge in [0.25, 0.3) is 0 Å². The Balaban J connectivity index is 2.23. The topological polar surface area (TPSA) is 44.8 Å². The molecule has 0 spiro atoms. The van der Waals surface area contributed by atoms with Crippen LogP contribution in [0.5, 0.6) is 11.5 Å². The lowest BCUT2D eigenvalue weighted by atomic mass is 9.87. The van der Waals surface area contributed by atoms with E-state index < -0.39 is 7.82 Å². The molecule has 0 aliphatic rings. The van der Waals surface area contributed by atoms with Crippen molar-refractivity contribution in [2.45, 2.75) is 91.9 Å². The third-order valence-corrected chi connectivity index (χ3v) is 7.22. The summed E-state index contributed by atoms with van der Waals surface area (Å²) in [5.74, 6) is 1.26. The predicted molar refractivity (Wildman–Crippen MR) is 138 cm³/mol. The predicted octanol–water partition coefficient (Wildman–Crippen LogP) is 9.08.